The molecule has 17 heavy (non-hydrogen) atoms. The minimum atomic E-state index is -0.833. The summed E-state index contributed by atoms with van der Waals surface area (Å²) in [7, 11) is 1.35. The summed E-state index contributed by atoms with van der Waals surface area (Å²) in [4.78, 5) is 21.6. The Labute approximate surface area is 104 Å². The molecule has 0 amide bonds. The van der Waals surface area contributed by atoms with Crippen molar-refractivity contribution < 1.29 is 19.4 Å². The van der Waals surface area contributed by atoms with Crippen LogP contribution in [0.5, 0.6) is 0 Å². The number of ether oxygens (including phenoxy) is 1. The standard InChI is InChI=1S/C12H14O4S/c1-16-12(15)6-9-4-2-3-5-10(9)7-17-8-11(13)14/h2-5H,6-8H2,1H3,(H,13,14). The molecule has 1 aromatic carbocycles. The van der Waals surface area contributed by atoms with E-state index in [4.69, 9.17) is 5.11 Å². The van der Waals surface area contributed by atoms with Gasteiger partial charge in [-0.1, -0.05) is 24.3 Å². The highest BCUT2D eigenvalue weighted by Gasteiger charge is 2.08. The lowest BCUT2D eigenvalue weighted by Gasteiger charge is -2.07. The number of hydrogen-bond donors (Lipinski definition) is 1. The molecule has 0 spiro atoms. The van der Waals surface area contributed by atoms with Gasteiger partial charge in [-0.3, -0.25) is 9.59 Å². The lowest BCUT2D eigenvalue weighted by atomic mass is 10.1. The van der Waals surface area contributed by atoms with Gasteiger partial charge in [0.25, 0.3) is 0 Å². The molecule has 0 aliphatic carbocycles. The van der Waals surface area contributed by atoms with E-state index in [9.17, 15) is 9.59 Å². The molecule has 1 N–H and O–H groups in total. The predicted molar refractivity (Wildman–Crippen MR) is 66.0 cm³/mol. The molecule has 1 aromatic rings. The Morgan fingerprint density at radius 1 is 1.29 bits per heavy atom. The quantitative estimate of drug-likeness (QED) is 0.783. The van der Waals surface area contributed by atoms with Gasteiger partial charge >= 0.3 is 11.9 Å². The number of carbonyl (C=O) groups is 2. The third-order valence-corrected chi connectivity index (χ3v) is 3.13. The van der Waals surface area contributed by atoms with Crippen molar-refractivity contribution in [2.24, 2.45) is 0 Å². The highest BCUT2D eigenvalue weighted by Crippen LogP contribution is 2.17. The minimum Gasteiger partial charge on any atom is -0.481 e. The average Bonchev–Trinajstić information content (AvgIpc) is 2.30. The van der Waals surface area contributed by atoms with Crippen LogP contribution in [0.2, 0.25) is 0 Å². The Hall–Kier alpha value is -1.49. The van der Waals surface area contributed by atoms with E-state index < -0.39 is 5.97 Å². The van der Waals surface area contributed by atoms with E-state index in [1.807, 2.05) is 24.3 Å². The number of aliphatic carboxylic acids is 1. The first-order valence-corrected chi connectivity index (χ1v) is 6.22. The maximum absolute atomic E-state index is 11.2. The van der Waals surface area contributed by atoms with Crippen LogP contribution in [0.4, 0.5) is 0 Å². The van der Waals surface area contributed by atoms with Crippen molar-refractivity contribution in [2.45, 2.75) is 12.2 Å². The van der Waals surface area contributed by atoms with E-state index in [0.29, 0.717) is 5.75 Å². The number of carbonyl (C=O) groups excluding carboxylic acids is 1. The number of carboxylic acid groups (broad SMARTS) is 1. The molecular formula is C12H14O4S. The fourth-order valence-electron chi connectivity index (χ4n) is 1.35. The zero-order valence-electron chi connectivity index (χ0n) is 9.51. The van der Waals surface area contributed by atoms with Gasteiger partial charge in [0.1, 0.15) is 0 Å². The number of hydrogen-bond acceptors (Lipinski definition) is 4. The number of benzene rings is 1. The summed E-state index contributed by atoms with van der Waals surface area (Å²) in [5, 5.41) is 8.55. The molecule has 0 heterocycles. The maximum Gasteiger partial charge on any atom is 0.313 e. The summed E-state index contributed by atoms with van der Waals surface area (Å²) in [6.07, 6.45) is 0.223. The van der Waals surface area contributed by atoms with Crippen molar-refractivity contribution in [3.63, 3.8) is 0 Å². The molecule has 4 nitrogen and oxygen atoms in total. The largest absolute Gasteiger partial charge is 0.481 e. The molecule has 0 bridgehead atoms. The van der Waals surface area contributed by atoms with Crippen molar-refractivity contribution in [3.8, 4) is 0 Å². The van der Waals surface area contributed by atoms with E-state index in [1.54, 1.807) is 0 Å². The average molecular weight is 254 g/mol. The minimum absolute atomic E-state index is 0.0621. The Morgan fingerprint density at radius 2 is 1.94 bits per heavy atom. The van der Waals surface area contributed by atoms with Gasteiger partial charge < -0.3 is 9.84 Å². The van der Waals surface area contributed by atoms with Crippen LogP contribution < -0.4 is 0 Å². The summed E-state index contributed by atoms with van der Waals surface area (Å²) in [5.74, 6) is -0.479. The first kappa shape index (κ1) is 13.6. The molecule has 0 atom stereocenters. The molecule has 5 heteroatoms. The Bertz CT molecular complexity index is 403. The van der Waals surface area contributed by atoms with Gasteiger partial charge in [-0.05, 0) is 11.1 Å². The molecule has 92 valence electrons. The molecule has 0 aliphatic heterocycles. The number of thioether (sulfide) groups is 1. The summed E-state index contributed by atoms with van der Waals surface area (Å²) >= 11 is 1.31. The number of rotatable bonds is 6. The summed E-state index contributed by atoms with van der Waals surface area (Å²) in [6.45, 7) is 0. The second-order valence-electron chi connectivity index (χ2n) is 3.41. The van der Waals surface area contributed by atoms with Crippen LogP contribution in [0.1, 0.15) is 11.1 Å². The van der Waals surface area contributed by atoms with Crippen molar-refractivity contribution in [1.82, 2.24) is 0 Å². The maximum atomic E-state index is 11.2. The molecule has 0 saturated carbocycles. The lowest BCUT2D eigenvalue weighted by Crippen LogP contribution is -2.07. The van der Waals surface area contributed by atoms with Gasteiger partial charge in [-0.15, -0.1) is 11.8 Å². The normalized spacial score (nSPS) is 9.94. The highest BCUT2D eigenvalue weighted by molar-refractivity contribution is 7.99. The summed E-state index contributed by atoms with van der Waals surface area (Å²) in [6, 6.07) is 7.47. The van der Waals surface area contributed by atoms with E-state index in [1.165, 1.54) is 18.9 Å². The van der Waals surface area contributed by atoms with Crippen LogP contribution in [-0.2, 0) is 26.5 Å². The lowest BCUT2D eigenvalue weighted by molar-refractivity contribution is -0.139. The van der Waals surface area contributed by atoms with Gasteiger partial charge in [-0.25, -0.2) is 0 Å². The molecule has 0 aliphatic rings. The smallest absolute Gasteiger partial charge is 0.313 e. The zero-order chi connectivity index (χ0) is 12.7. The van der Waals surface area contributed by atoms with Crippen LogP contribution in [0, 0.1) is 0 Å². The Kier molecular flexibility index (Phi) is 5.56. The van der Waals surface area contributed by atoms with Crippen LogP contribution >= 0.6 is 11.8 Å². The van der Waals surface area contributed by atoms with Crippen molar-refractivity contribution >= 4 is 23.7 Å². The van der Waals surface area contributed by atoms with E-state index in [-0.39, 0.29) is 18.1 Å². The third-order valence-electron chi connectivity index (χ3n) is 2.16. The second kappa shape index (κ2) is 6.96. The monoisotopic (exact) mass is 254 g/mol. The first-order valence-electron chi connectivity index (χ1n) is 5.06. The Balaban J connectivity index is 2.64. The number of methoxy groups -OCH3 is 1. The first-order chi connectivity index (χ1) is 8.13. The van der Waals surface area contributed by atoms with Gasteiger partial charge in [0, 0.05) is 5.75 Å². The molecule has 0 radical (unpaired) electrons. The third kappa shape index (κ3) is 4.91. The summed E-state index contributed by atoms with van der Waals surface area (Å²) in [5.41, 5.74) is 1.86. The van der Waals surface area contributed by atoms with Crippen molar-refractivity contribution in [2.75, 3.05) is 12.9 Å². The molecule has 0 unspecified atom stereocenters. The number of carboxylic acids is 1. The fourth-order valence-corrected chi connectivity index (χ4v) is 2.12. The zero-order valence-corrected chi connectivity index (χ0v) is 10.3. The molecule has 0 fully saturated rings. The fraction of sp³-hybridized carbons (Fsp3) is 0.333. The van der Waals surface area contributed by atoms with Gasteiger partial charge in [0.05, 0.1) is 19.3 Å². The van der Waals surface area contributed by atoms with E-state index >= 15 is 0 Å². The van der Waals surface area contributed by atoms with Crippen LogP contribution in [0.25, 0.3) is 0 Å². The SMILES string of the molecule is COC(=O)Cc1ccccc1CSCC(=O)O. The topological polar surface area (TPSA) is 63.6 Å². The van der Waals surface area contributed by atoms with Crippen LogP contribution in [-0.4, -0.2) is 29.9 Å². The van der Waals surface area contributed by atoms with Crippen molar-refractivity contribution in [3.05, 3.63) is 35.4 Å². The van der Waals surface area contributed by atoms with Gasteiger partial charge in [0.2, 0.25) is 0 Å². The van der Waals surface area contributed by atoms with Crippen LogP contribution in [0.3, 0.4) is 0 Å². The van der Waals surface area contributed by atoms with E-state index in [2.05, 4.69) is 4.74 Å². The van der Waals surface area contributed by atoms with Crippen molar-refractivity contribution in [1.29, 1.82) is 0 Å². The number of esters is 1. The molecule has 0 aromatic heterocycles. The Morgan fingerprint density at radius 3 is 2.53 bits per heavy atom. The highest BCUT2D eigenvalue weighted by atomic mass is 32.2. The van der Waals surface area contributed by atoms with Crippen LogP contribution in [0.15, 0.2) is 24.3 Å². The summed E-state index contributed by atoms with van der Waals surface area (Å²) < 4.78 is 4.61. The van der Waals surface area contributed by atoms with Gasteiger partial charge in [-0.2, -0.15) is 0 Å². The predicted octanol–water partition coefficient (Wildman–Crippen LogP) is 1.72. The molecule has 1 rings (SSSR count). The van der Waals surface area contributed by atoms with E-state index in [0.717, 1.165) is 11.1 Å². The molecular weight excluding hydrogens is 240 g/mol. The molecule has 0 saturated heterocycles. The second-order valence-corrected chi connectivity index (χ2v) is 4.39. The van der Waals surface area contributed by atoms with Gasteiger partial charge in [0.15, 0.2) is 0 Å².